The zero-order valence-corrected chi connectivity index (χ0v) is 27.5. The Labute approximate surface area is 268 Å². The molecule has 0 saturated carbocycles. The number of pyridine rings is 1. The second-order valence-electron chi connectivity index (χ2n) is 12.9. The summed E-state index contributed by atoms with van der Waals surface area (Å²) in [6, 6.07) is 10.5. The summed E-state index contributed by atoms with van der Waals surface area (Å²) < 4.78 is 46.2. The number of esters is 1. The second kappa shape index (κ2) is 14.3. The topological polar surface area (TPSA) is 78.0 Å². The van der Waals surface area contributed by atoms with Crippen LogP contribution in [-0.4, -0.2) is 49.1 Å². The molecule has 1 fully saturated rings. The molecule has 0 N–H and O–H groups in total. The zero-order chi connectivity index (χ0) is 32.9. The second-order valence-corrected chi connectivity index (χ2v) is 13.3. The van der Waals surface area contributed by atoms with Crippen LogP contribution in [0.25, 0.3) is 11.1 Å². The number of piperidine rings is 1. The van der Waals surface area contributed by atoms with Crippen molar-refractivity contribution in [3.05, 3.63) is 76.1 Å². The minimum atomic E-state index is -1.26. The minimum Gasteiger partial charge on any atom is -0.490 e. The first kappa shape index (κ1) is 34.3. The Morgan fingerprint density at radius 2 is 1.78 bits per heavy atom. The summed E-state index contributed by atoms with van der Waals surface area (Å²) >= 11 is 6.79. The van der Waals surface area contributed by atoms with E-state index in [4.69, 9.17) is 25.8 Å². The van der Waals surface area contributed by atoms with Gasteiger partial charge in [0.1, 0.15) is 16.7 Å². The van der Waals surface area contributed by atoms with Crippen LogP contribution >= 0.6 is 11.6 Å². The summed E-state index contributed by atoms with van der Waals surface area (Å²) in [7, 11) is 0. The molecule has 1 aliphatic heterocycles. The van der Waals surface area contributed by atoms with Crippen LogP contribution in [0.4, 0.5) is 14.5 Å². The Bertz CT molecular complexity index is 1510. The number of aromatic nitrogens is 1. The van der Waals surface area contributed by atoms with Crippen LogP contribution in [0.15, 0.2) is 42.5 Å². The monoisotopic (exact) mass is 642 g/mol. The van der Waals surface area contributed by atoms with Crippen molar-refractivity contribution in [3.8, 4) is 16.9 Å². The van der Waals surface area contributed by atoms with Crippen molar-refractivity contribution in [1.82, 2.24) is 4.98 Å². The van der Waals surface area contributed by atoms with E-state index in [9.17, 15) is 14.0 Å². The summed E-state index contributed by atoms with van der Waals surface area (Å²) in [5.74, 6) is -1.59. The fourth-order valence-corrected chi connectivity index (χ4v) is 5.62. The van der Waals surface area contributed by atoms with Crippen LogP contribution in [0.3, 0.4) is 0 Å². The maximum Gasteiger partial charge on any atom is 0.340 e. The predicted octanol–water partition coefficient (Wildman–Crippen LogP) is 8.16. The molecule has 7 nitrogen and oxygen atoms in total. The molecule has 4 rings (SSSR count). The Balaban J connectivity index is 1.82. The van der Waals surface area contributed by atoms with Crippen molar-refractivity contribution in [2.45, 2.75) is 72.5 Å². The number of nitrogens with zero attached hydrogens (tertiary/aromatic N) is 2. The lowest BCUT2D eigenvalue weighted by Gasteiger charge is -2.41. The highest BCUT2D eigenvalue weighted by molar-refractivity contribution is 6.31. The van der Waals surface area contributed by atoms with E-state index in [-0.39, 0.29) is 46.6 Å². The number of hydrogen-bond acceptors (Lipinski definition) is 7. The van der Waals surface area contributed by atoms with Crippen LogP contribution in [0.5, 0.6) is 5.75 Å². The van der Waals surface area contributed by atoms with Gasteiger partial charge in [0.05, 0.1) is 30.1 Å². The third-order valence-electron chi connectivity index (χ3n) is 7.75. The molecule has 0 spiro atoms. The van der Waals surface area contributed by atoms with Crippen LogP contribution < -0.4 is 9.64 Å². The summed E-state index contributed by atoms with van der Waals surface area (Å²) in [4.78, 5) is 32.4. The largest absolute Gasteiger partial charge is 0.490 e. The maximum absolute atomic E-state index is 15.6. The lowest BCUT2D eigenvalue weighted by atomic mass is 9.82. The fraction of sp³-hybridized carbons (Fsp3) is 0.457. The van der Waals surface area contributed by atoms with Gasteiger partial charge in [-0.25, -0.2) is 18.6 Å². The zero-order valence-electron chi connectivity index (χ0n) is 26.7. The summed E-state index contributed by atoms with van der Waals surface area (Å²) in [5, 5.41) is -0.0656. The Kier molecular flexibility index (Phi) is 10.9. The third kappa shape index (κ3) is 8.58. The molecule has 1 aliphatic rings. The average molecular weight is 643 g/mol. The van der Waals surface area contributed by atoms with Gasteiger partial charge in [-0.05, 0) is 81.3 Å². The first-order valence-corrected chi connectivity index (χ1v) is 15.6. The molecular weight excluding hydrogens is 602 g/mol. The van der Waals surface area contributed by atoms with Crippen LogP contribution in [0.2, 0.25) is 5.15 Å². The van der Waals surface area contributed by atoms with Gasteiger partial charge in [-0.1, -0.05) is 43.6 Å². The highest BCUT2D eigenvalue weighted by atomic mass is 35.5. The van der Waals surface area contributed by atoms with Gasteiger partial charge in [-0.2, -0.15) is 0 Å². The molecule has 45 heavy (non-hydrogen) atoms. The molecule has 242 valence electrons. The van der Waals surface area contributed by atoms with E-state index in [2.05, 4.69) is 23.7 Å². The fourth-order valence-electron chi connectivity index (χ4n) is 5.34. The molecule has 1 atom stereocenters. The van der Waals surface area contributed by atoms with Crippen LogP contribution in [0, 0.1) is 17.0 Å². The average Bonchev–Trinajstić information content (AvgIpc) is 2.97. The SMILES string of the molecule is CCOC(=O)[C@@H](OC(C)(C)C)c1c(Cl)nc(C=O)c(-c2ccc(OCCc3ccc(F)cc3)c(F)c2)c1N1CCC(C)(C)CC1. The third-order valence-corrected chi connectivity index (χ3v) is 8.04. The smallest absolute Gasteiger partial charge is 0.340 e. The van der Waals surface area contributed by atoms with Gasteiger partial charge in [-0.3, -0.25) is 4.79 Å². The lowest BCUT2D eigenvalue weighted by Crippen LogP contribution is -2.39. The number of carbonyl (C=O) groups is 2. The van der Waals surface area contributed by atoms with Crippen molar-refractivity contribution < 1.29 is 32.6 Å². The van der Waals surface area contributed by atoms with Gasteiger partial charge < -0.3 is 19.1 Å². The molecule has 0 radical (unpaired) electrons. The number of aldehydes is 1. The van der Waals surface area contributed by atoms with Gasteiger partial charge >= 0.3 is 5.97 Å². The van der Waals surface area contributed by atoms with E-state index in [0.717, 1.165) is 18.4 Å². The van der Waals surface area contributed by atoms with E-state index < -0.39 is 23.5 Å². The van der Waals surface area contributed by atoms with Crippen molar-refractivity contribution in [1.29, 1.82) is 0 Å². The quantitative estimate of drug-likeness (QED) is 0.119. The van der Waals surface area contributed by atoms with E-state index in [0.29, 0.717) is 42.6 Å². The molecule has 3 aromatic rings. The highest BCUT2D eigenvalue weighted by Crippen LogP contribution is 2.46. The van der Waals surface area contributed by atoms with Crippen LogP contribution in [0.1, 0.15) is 82.1 Å². The lowest BCUT2D eigenvalue weighted by molar-refractivity contribution is -0.166. The number of carbonyl (C=O) groups excluding carboxylic acids is 2. The molecule has 2 aromatic carbocycles. The maximum atomic E-state index is 15.6. The van der Waals surface area contributed by atoms with E-state index in [1.165, 1.54) is 24.3 Å². The first-order chi connectivity index (χ1) is 21.2. The predicted molar refractivity (Wildman–Crippen MR) is 171 cm³/mol. The van der Waals surface area contributed by atoms with E-state index in [1.807, 2.05) is 20.8 Å². The Hall–Kier alpha value is -3.56. The Morgan fingerprint density at radius 3 is 2.36 bits per heavy atom. The normalized spacial score (nSPS) is 15.4. The van der Waals surface area contributed by atoms with Crippen molar-refractivity contribution >= 4 is 29.5 Å². The molecule has 0 unspecified atom stereocenters. The van der Waals surface area contributed by atoms with Gasteiger partial charge in [0.25, 0.3) is 0 Å². The van der Waals surface area contributed by atoms with Crippen molar-refractivity contribution in [3.63, 3.8) is 0 Å². The highest BCUT2D eigenvalue weighted by Gasteiger charge is 2.38. The molecule has 0 aliphatic carbocycles. The summed E-state index contributed by atoms with van der Waals surface area (Å²) in [6.45, 7) is 13.0. The first-order valence-electron chi connectivity index (χ1n) is 15.2. The number of halogens is 3. The van der Waals surface area contributed by atoms with Gasteiger partial charge in [0.2, 0.25) is 0 Å². The Morgan fingerprint density at radius 1 is 1.11 bits per heavy atom. The van der Waals surface area contributed by atoms with Crippen LogP contribution in [-0.2, 0) is 20.7 Å². The van der Waals surface area contributed by atoms with Gasteiger partial charge in [0, 0.05) is 25.1 Å². The number of ether oxygens (including phenoxy) is 3. The molecule has 0 bridgehead atoms. The molecule has 10 heteroatoms. The minimum absolute atomic E-state index is 0.00586. The molecule has 0 amide bonds. The van der Waals surface area contributed by atoms with E-state index in [1.54, 1.807) is 25.1 Å². The number of anilines is 1. The van der Waals surface area contributed by atoms with Gasteiger partial charge in [-0.15, -0.1) is 0 Å². The van der Waals surface area contributed by atoms with E-state index >= 15 is 4.39 Å². The summed E-state index contributed by atoms with van der Waals surface area (Å²) in [5.41, 5.74) is 1.63. The summed E-state index contributed by atoms with van der Waals surface area (Å²) in [6.07, 6.45) is 1.45. The van der Waals surface area contributed by atoms with Gasteiger partial charge in [0.15, 0.2) is 24.0 Å². The van der Waals surface area contributed by atoms with Crippen molar-refractivity contribution in [2.75, 3.05) is 31.2 Å². The molecule has 1 aromatic heterocycles. The molecule has 2 heterocycles. The standard InChI is InChI=1S/C35H41ClF2N2O5/c1-7-43-33(42)31(45-34(2,3)4)29-30(40-17-15-35(5,6)16-18-40)28(26(21-41)39-32(29)36)23-10-13-27(25(38)20-23)44-19-14-22-8-11-24(37)12-9-22/h8-13,20-21,31H,7,14-19H2,1-6H3/t31-/m0/s1. The van der Waals surface area contributed by atoms with Crippen molar-refractivity contribution in [2.24, 2.45) is 5.41 Å². The molecular formula is C35H41ClF2N2O5. The number of rotatable bonds is 11. The number of benzene rings is 2. The molecule has 1 saturated heterocycles. The number of hydrogen-bond donors (Lipinski definition) is 0.